The van der Waals surface area contributed by atoms with Gasteiger partial charge in [0, 0.05) is 30.8 Å². The van der Waals surface area contributed by atoms with Crippen molar-refractivity contribution in [1.82, 2.24) is 4.90 Å². The van der Waals surface area contributed by atoms with Crippen LogP contribution in [0.4, 0.5) is 5.69 Å². The number of nitrogens with zero attached hydrogens (tertiary/aromatic N) is 1. The molecule has 1 aromatic rings. The van der Waals surface area contributed by atoms with E-state index in [1.165, 1.54) is 19.3 Å². The third-order valence-corrected chi connectivity index (χ3v) is 4.12. The molecule has 0 aliphatic heterocycles. The smallest absolute Gasteiger partial charge is 0.255 e. The van der Waals surface area contributed by atoms with Crippen molar-refractivity contribution in [3.63, 3.8) is 0 Å². The van der Waals surface area contributed by atoms with E-state index in [0.717, 1.165) is 25.2 Å². The molecule has 0 bridgehead atoms. The monoisotopic (exact) mass is 294 g/mol. The highest BCUT2D eigenvalue weighted by Crippen LogP contribution is 2.28. The maximum atomic E-state index is 12.6. The van der Waals surface area contributed by atoms with Crippen LogP contribution in [0.3, 0.4) is 0 Å². The summed E-state index contributed by atoms with van der Waals surface area (Å²) < 4.78 is 0. The second kappa shape index (κ2) is 6.98. The van der Waals surface area contributed by atoms with E-state index in [9.17, 15) is 4.79 Å². The number of anilines is 1. The van der Waals surface area contributed by atoms with E-state index < -0.39 is 0 Å². The molecule has 1 amide bonds. The predicted octanol–water partition coefficient (Wildman–Crippen LogP) is 4.03. The predicted molar refractivity (Wildman–Crippen MR) is 84.5 cm³/mol. The largest absolute Gasteiger partial charge is 0.384 e. The Bertz CT molecular complexity index is 472. The van der Waals surface area contributed by atoms with Crippen LogP contribution in [0.2, 0.25) is 5.02 Å². The summed E-state index contributed by atoms with van der Waals surface area (Å²) in [6.07, 6.45) is 4.81. The molecule has 0 saturated heterocycles. The molecule has 0 radical (unpaired) electrons. The van der Waals surface area contributed by atoms with Crippen LogP contribution in [0.1, 0.15) is 43.0 Å². The van der Waals surface area contributed by atoms with Gasteiger partial charge in [-0.15, -0.1) is 0 Å². The highest BCUT2D eigenvalue weighted by Gasteiger charge is 2.23. The Hall–Kier alpha value is -1.22. The van der Waals surface area contributed by atoms with Crippen molar-refractivity contribution in [2.45, 2.75) is 32.6 Å². The first-order valence-corrected chi connectivity index (χ1v) is 7.78. The first kappa shape index (κ1) is 15.2. The fraction of sp³-hybridized carbons (Fsp3) is 0.562. The Kier molecular flexibility index (Phi) is 5.30. The van der Waals surface area contributed by atoms with Crippen LogP contribution in [-0.2, 0) is 0 Å². The lowest BCUT2D eigenvalue weighted by Crippen LogP contribution is -2.34. The average molecular weight is 295 g/mol. The lowest BCUT2D eigenvalue weighted by Gasteiger charge is -2.30. The molecule has 0 unspecified atom stereocenters. The van der Waals surface area contributed by atoms with Crippen LogP contribution in [-0.4, -0.2) is 30.9 Å². The van der Waals surface area contributed by atoms with Gasteiger partial charge in [0.1, 0.15) is 0 Å². The van der Waals surface area contributed by atoms with Crippen molar-refractivity contribution in [1.29, 1.82) is 0 Å². The highest BCUT2D eigenvalue weighted by atomic mass is 35.5. The summed E-state index contributed by atoms with van der Waals surface area (Å²) in [4.78, 5) is 14.4. The second-order valence-electron chi connectivity index (χ2n) is 5.60. The Balaban J connectivity index is 2.11. The number of hydrogen-bond acceptors (Lipinski definition) is 2. The fourth-order valence-electron chi connectivity index (χ4n) is 2.46. The van der Waals surface area contributed by atoms with Crippen LogP contribution in [0, 0.1) is 5.92 Å². The van der Waals surface area contributed by atoms with E-state index in [1.54, 1.807) is 6.07 Å². The number of carbonyl (C=O) groups excluding carboxylic acids is 1. The summed E-state index contributed by atoms with van der Waals surface area (Å²) in [5, 5.41) is 3.91. The first-order chi connectivity index (χ1) is 9.61. The molecule has 4 heteroatoms. The summed E-state index contributed by atoms with van der Waals surface area (Å²) >= 11 is 6.05. The van der Waals surface area contributed by atoms with Gasteiger partial charge in [0.15, 0.2) is 0 Å². The minimum atomic E-state index is 0.0537. The Morgan fingerprint density at radius 3 is 2.80 bits per heavy atom. The molecule has 1 aliphatic rings. The van der Waals surface area contributed by atoms with Gasteiger partial charge in [-0.3, -0.25) is 4.79 Å². The van der Waals surface area contributed by atoms with E-state index >= 15 is 0 Å². The van der Waals surface area contributed by atoms with Crippen LogP contribution in [0.15, 0.2) is 18.2 Å². The maximum Gasteiger partial charge on any atom is 0.255 e. The minimum Gasteiger partial charge on any atom is -0.384 e. The normalized spacial score (nSPS) is 14.8. The summed E-state index contributed by atoms with van der Waals surface area (Å²) in [5.41, 5.74) is 1.55. The van der Waals surface area contributed by atoms with Crippen molar-refractivity contribution in [2.75, 3.05) is 25.5 Å². The summed E-state index contributed by atoms with van der Waals surface area (Å²) in [5.74, 6) is 0.730. The third kappa shape index (κ3) is 3.66. The number of halogens is 1. The van der Waals surface area contributed by atoms with Gasteiger partial charge in [-0.25, -0.2) is 0 Å². The molecule has 110 valence electrons. The molecule has 0 aromatic heterocycles. The number of carbonyl (C=O) groups is 1. The van der Waals surface area contributed by atoms with Crippen molar-refractivity contribution in [2.24, 2.45) is 5.92 Å². The van der Waals surface area contributed by atoms with Gasteiger partial charge < -0.3 is 10.2 Å². The molecule has 0 spiro atoms. The molecular weight excluding hydrogens is 272 g/mol. The Morgan fingerprint density at radius 1 is 1.45 bits per heavy atom. The average Bonchev–Trinajstić information content (AvgIpc) is 2.40. The lowest BCUT2D eigenvalue weighted by atomic mass is 9.85. The van der Waals surface area contributed by atoms with Crippen molar-refractivity contribution < 1.29 is 4.79 Å². The number of amides is 1. The zero-order valence-electron chi connectivity index (χ0n) is 12.3. The molecule has 0 atom stereocenters. The minimum absolute atomic E-state index is 0.0537. The number of benzene rings is 1. The lowest BCUT2D eigenvalue weighted by molar-refractivity contribution is 0.0746. The Morgan fingerprint density at radius 2 is 2.20 bits per heavy atom. The van der Waals surface area contributed by atoms with E-state index in [2.05, 4.69) is 12.2 Å². The van der Waals surface area contributed by atoms with E-state index in [0.29, 0.717) is 16.5 Å². The SMILES string of the molecule is CCCNc1ccc(Cl)cc1C(=O)N(C)CC1CCC1. The molecule has 1 N–H and O–H groups in total. The zero-order valence-corrected chi connectivity index (χ0v) is 13.0. The number of rotatable bonds is 6. The molecular formula is C16H23ClN2O. The standard InChI is InChI=1S/C16H23ClN2O/c1-3-9-18-15-8-7-13(17)10-14(15)16(20)19(2)11-12-5-4-6-12/h7-8,10,12,18H,3-6,9,11H2,1-2H3. The van der Waals surface area contributed by atoms with Gasteiger partial charge in [0.2, 0.25) is 0 Å². The summed E-state index contributed by atoms with van der Waals surface area (Å²) in [6, 6.07) is 5.48. The van der Waals surface area contributed by atoms with Crippen molar-refractivity contribution >= 4 is 23.2 Å². The molecule has 3 nitrogen and oxygen atoms in total. The number of nitrogens with one attached hydrogen (secondary N) is 1. The van der Waals surface area contributed by atoms with Gasteiger partial charge >= 0.3 is 0 Å². The molecule has 1 fully saturated rings. The maximum absolute atomic E-state index is 12.6. The van der Waals surface area contributed by atoms with Crippen LogP contribution < -0.4 is 5.32 Å². The first-order valence-electron chi connectivity index (χ1n) is 7.40. The van der Waals surface area contributed by atoms with Gasteiger partial charge in [-0.1, -0.05) is 24.9 Å². The molecule has 1 saturated carbocycles. The van der Waals surface area contributed by atoms with Crippen molar-refractivity contribution in [3.8, 4) is 0 Å². The van der Waals surface area contributed by atoms with Gasteiger partial charge in [-0.05, 0) is 43.4 Å². The third-order valence-electron chi connectivity index (χ3n) is 3.88. The van der Waals surface area contributed by atoms with E-state index in [4.69, 9.17) is 11.6 Å². The topological polar surface area (TPSA) is 32.3 Å². The fourth-order valence-corrected chi connectivity index (χ4v) is 2.63. The molecule has 20 heavy (non-hydrogen) atoms. The second-order valence-corrected chi connectivity index (χ2v) is 6.04. The molecule has 1 aliphatic carbocycles. The molecule has 0 heterocycles. The van der Waals surface area contributed by atoms with Gasteiger partial charge in [0.25, 0.3) is 5.91 Å². The van der Waals surface area contributed by atoms with Crippen molar-refractivity contribution in [3.05, 3.63) is 28.8 Å². The number of hydrogen-bond donors (Lipinski definition) is 1. The van der Waals surface area contributed by atoms with E-state index in [-0.39, 0.29) is 5.91 Å². The Labute approximate surface area is 126 Å². The molecule has 1 aromatic carbocycles. The zero-order chi connectivity index (χ0) is 14.5. The van der Waals surface area contributed by atoms with Crippen LogP contribution >= 0.6 is 11.6 Å². The van der Waals surface area contributed by atoms with Gasteiger partial charge in [-0.2, -0.15) is 0 Å². The summed E-state index contributed by atoms with van der Waals surface area (Å²) in [6.45, 7) is 3.81. The quantitative estimate of drug-likeness (QED) is 0.859. The summed E-state index contributed by atoms with van der Waals surface area (Å²) in [7, 11) is 1.88. The highest BCUT2D eigenvalue weighted by molar-refractivity contribution is 6.31. The van der Waals surface area contributed by atoms with Crippen LogP contribution in [0.25, 0.3) is 0 Å². The van der Waals surface area contributed by atoms with E-state index in [1.807, 2.05) is 24.1 Å². The molecule has 2 rings (SSSR count). The van der Waals surface area contributed by atoms with Gasteiger partial charge in [0.05, 0.1) is 5.56 Å². The van der Waals surface area contributed by atoms with Crippen LogP contribution in [0.5, 0.6) is 0 Å².